The van der Waals surface area contributed by atoms with Crippen molar-refractivity contribution in [2.45, 2.75) is 25.4 Å². The summed E-state index contributed by atoms with van der Waals surface area (Å²) in [4.78, 5) is 4.78. The first-order valence-electron chi connectivity index (χ1n) is 6.35. The topological polar surface area (TPSA) is 39.9 Å². The third kappa shape index (κ3) is 3.56. The maximum Gasteiger partial charge on any atom is 0.117 e. The van der Waals surface area contributed by atoms with Crippen molar-refractivity contribution < 1.29 is 9.52 Å². The minimum absolute atomic E-state index is 0.257. The van der Waals surface area contributed by atoms with Crippen molar-refractivity contribution in [2.24, 2.45) is 0 Å². The van der Waals surface area contributed by atoms with Crippen molar-refractivity contribution in [1.29, 1.82) is 0 Å². The Balaban J connectivity index is 2.00. The zero-order chi connectivity index (χ0) is 12.1. The maximum atomic E-state index is 9.17. The summed E-state index contributed by atoms with van der Waals surface area (Å²) in [5, 5.41) is 9.17. The Morgan fingerprint density at radius 3 is 3.06 bits per heavy atom. The van der Waals surface area contributed by atoms with E-state index in [1.165, 1.54) is 6.42 Å². The zero-order valence-electron chi connectivity index (χ0n) is 10.5. The van der Waals surface area contributed by atoms with Gasteiger partial charge in [-0.3, -0.25) is 4.90 Å². The molecule has 1 unspecified atom stereocenters. The third-order valence-corrected chi connectivity index (χ3v) is 3.43. The fraction of sp³-hybridized carbons (Fsp3) is 0.692. The first kappa shape index (κ1) is 12.6. The molecule has 0 spiro atoms. The van der Waals surface area contributed by atoms with E-state index in [4.69, 9.17) is 4.42 Å². The van der Waals surface area contributed by atoms with E-state index in [0.717, 1.165) is 38.4 Å². The van der Waals surface area contributed by atoms with Gasteiger partial charge in [0.1, 0.15) is 5.76 Å². The number of furan rings is 1. The zero-order valence-corrected chi connectivity index (χ0v) is 10.5. The number of aliphatic hydroxyl groups excluding tert-OH is 1. The standard InChI is InChI=1S/C13H22N2O2/c1-14-6-3-7-15(12(10-14)5-8-16)11-13-4-2-9-17-13/h2,4,9,12,16H,3,5-8,10-11H2,1H3. The smallest absolute Gasteiger partial charge is 0.117 e. The van der Waals surface area contributed by atoms with Crippen molar-refractivity contribution in [3.8, 4) is 0 Å². The van der Waals surface area contributed by atoms with Gasteiger partial charge in [-0.1, -0.05) is 0 Å². The van der Waals surface area contributed by atoms with Gasteiger partial charge < -0.3 is 14.4 Å². The summed E-state index contributed by atoms with van der Waals surface area (Å²) in [5.74, 6) is 1.01. The van der Waals surface area contributed by atoms with Crippen LogP contribution in [-0.4, -0.2) is 54.2 Å². The predicted molar refractivity (Wildman–Crippen MR) is 66.7 cm³/mol. The number of rotatable bonds is 4. The molecule has 1 fully saturated rings. The lowest BCUT2D eigenvalue weighted by Gasteiger charge is -2.29. The molecule has 0 radical (unpaired) electrons. The van der Waals surface area contributed by atoms with Crippen molar-refractivity contribution in [1.82, 2.24) is 9.80 Å². The molecule has 96 valence electrons. The number of aliphatic hydroxyl groups is 1. The number of likely N-dealkylation sites (N-methyl/N-ethyl adjacent to an activating group) is 1. The Morgan fingerprint density at radius 2 is 2.35 bits per heavy atom. The molecule has 0 aliphatic carbocycles. The van der Waals surface area contributed by atoms with Crippen LogP contribution in [0.4, 0.5) is 0 Å². The van der Waals surface area contributed by atoms with Gasteiger partial charge in [-0.25, -0.2) is 0 Å². The van der Waals surface area contributed by atoms with Crippen LogP contribution < -0.4 is 0 Å². The summed E-state index contributed by atoms with van der Waals surface area (Å²) in [7, 11) is 2.15. The highest BCUT2D eigenvalue weighted by Crippen LogP contribution is 2.15. The fourth-order valence-electron chi connectivity index (χ4n) is 2.53. The van der Waals surface area contributed by atoms with E-state index in [0.29, 0.717) is 6.04 Å². The lowest BCUT2D eigenvalue weighted by atomic mass is 10.1. The predicted octanol–water partition coefficient (Wildman–Crippen LogP) is 1.17. The summed E-state index contributed by atoms with van der Waals surface area (Å²) in [6.45, 7) is 4.35. The van der Waals surface area contributed by atoms with Crippen molar-refractivity contribution in [3.05, 3.63) is 24.2 Å². The molecular weight excluding hydrogens is 216 g/mol. The SMILES string of the molecule is CN1CCCN(Cc2ccco2)C(CCO)C1. The molecule has 4 nitrogen and oxygen atoms in total. The number of nitrogens with zero attached hydrogens (tertiary/aromatic N) is 2. The Morgan fingerprint density at radius 1 is 1.47 bits per heavy atom. The van der Waals surface area contributed by atoms with Gasteiger partial charge in [0, 0.05) is 25.7 Å². The maximum absolute atomic E-state index is 9.17. The molecule has 4 heteroatoms. The van der Waals surface area contributed by atoms with Crippen LogP contribution in [0.2, 0.25) is 0 Å². The van der Waals surface area contributed by atoms with Crippen LogP contribution in [-0.2, 0) is 6.54 Å². The Hall–Kier alpha value is -0.840. The molecule has 0 aromatic carbocycles. The molecule has 1 aromatic heterocycles. The van der Waals surface area contributed by atoms with Crippen LogP contribution >= 0.6 is 0 Å². The lowest BCUT2D eigenvalue weighted by Crippen LogP contribution is -2.40. The quantitative estimate of drug-likeness (QED) is 0.854. The molecule has 0 amide bonds. The van der Waals surface area contributed by atoms with E-state index >= 15 is 0 Å². The van der Waals surface area contributed by atoms with Crippen LogP contribution in [0.5, 0.6) is 0 Å². The third-order valence-electron chi connectivity index (χ3n) is 3.43. The normalized spacial score (nSPS) is 23.8. The Kier molecular flexibility index (Phi) is 4.59. The highest BCUT2D eigenvalue weighted by Gasteiger charge is 2.23. The second-order valence-corrected chi connectivity index (χ2v) is 4.83. The molecule has 1 aliphatic heterocycles. The van der Waals surface area contributed by atoms with Crippen molar-refractivity contribution >= 4 is 0 Å². The van der Waals surface area contributed by atoms with E-state index in [1.54, 1.807) is 6.26 Å². The molecule has 0 bridgehead atoms. The van der Waals surface area contributed by atoms with Crippen molar-refractivity contribution in [3.63, 3.8) is 0 Å². The van der Waals surface area contributed by atoms with Crippen molar-refractivity contribution in [2.75, 3.05) is 33.3 Å². The van der Waals surface area contributed by atoms with Gasteiger partial charge in [-0.15, -0.1) is 0 Å². The van der Waals surface area contributed by atoms with Crippen LogP contribution in [0.3, 0.4) is 0 Å². The Bertz CT molecular complexity index is 313. The highest BCUT2D eigenvalue weighted by atomic mass is 16.3. The molecule has 17 heavy (non-hydrogen) atoms. The van der Waals surface area contributed by atoms with Gasteiger partial charge in [-0.05, 0) is 38.6 Å². The van der Waals surface area contributed by atoms with E-state index in [9.17, 15) is 5.11 Å². The van der Waals surface area contributed by atoms with Gasteiger partial charge in [0.15, 0.2) is 0 Å². The van der Waals surface area contributed by atoms with Crippen LogP contribution in [0.15, 0.2) is 22.8 Å². The monoisotopic (exact) mass is 238 g/mol. The summed E-state index contributed by atoms with van der Waals surface area (Å²) in [6, 6.07) is 4.38. The summed E-state index contributed by atoms with van der Waals surface area (Å²) in [6.07, 6.45) is 3.74. The van der Waals surface area contributed by atoms with E-state index < -0.39 is 0 Å². The second kappa shape index (κ2) is 6.19. The van der Waals surface area contributed by atoms with Crippen LogP contribution in [0.25, 0.3) is 0 Å². The van der Waals surface area contributed by atoms with Crippen LogP contribution in [0, 0.1) is 0 Å². The minimum Gasteiger partial charge on any atom is -0.468 e. The molecule has 1 saturated heterocycles. The van der Waals surface area contributed by atoms with E-state index in [-0.39, 0.29) is 6.61 Å². The van der Waals surface area contributed by atoms with Gasteiger partial charge in [0.25, 0.3) is 0 Å². The van der Waals surface area contributed by atoms with Gasteiger partial charge in [0.05, 0.1) is 12.8 Å². The molecular formula is C13H22N2O2. The number of hydrogen-bond donors (Lipinski definition) is 1. The summed E-state index contributed by atoms with van der Waals surface area (Å²) in [5.41, 5.74) is 0. The lowest BCUT2D eigenvalue weighted by molar-refractivity contribution is 0.136. The first-order valence-corrected chi connectivity index (χ1v) is 6.35. The molecule has 1 atom stereocenters. The molecule has 1 aromatic rings. The minimum atomic E-state index is 0.257. The number of hydrogen-bond acceptors (Lipinski definition) is 4. The van der Waals surface area contributed by atoms with Crippen LogP contribution in [0.1, 0.15) is 18.6 Å². The summed E-state index contributed by atoms with van der Waals surface area (Å²) >= 11 is 0. The molecule has 2 heterocycles. The highest BCUT2D eigenvalue weighted by molar-refractivity contribution is 4.98. The molecule has 2 rings (SSSR count). The fourth-order valence-corrected chi connectivity index (χ4v) is 2.53. The largest absolute Gasteiger partial charge is 0.468 e. The van der Waals surface area contributed by atoms with Gasteiger partial charge >= 0.3 is 0 Å². The summed E-state index contributed by atoms with van der Waals surface area (Å²) < 4.78 is 5.41. The average Bonchev–Trinajstić information content (AvgIpc) is 2.74. The second-order valence-electron chi connectivity index (χ2n) is 4.83. The van der Waals surface area contributed by atoms with Gasteiger partial charge in [0.2, 0.25) is 0 Å². The first-order chi connectivity index (χ1) is 8.29. The molecule has 1 aliphatic rings. The molecule has 1 N–H and O–H groups in total. The van der Waals surface area contributed by atoms with E-state index in [1.807, 2.05) is 12.1 Å². The van der Waals surface area contributed by atoms with E-state index in [2.05, 4.69) is 16.8 Å². The average molecular weight is 238 g/mol. The Labute approximate surface area is 103 Å². The molecule has 0 saturated carbocycles. The van der Waals surface area contributed by atoms with Gasteiger partial charge in [-0.2, -0.15) is 0 Å².